The van der Waals surface area contributed by atoms with Gasteiger partial charge in [0, 0.05) is 56.8 Å². The van der Waals surface area contributed by atoms with Crippen LogP contribution in [0.2, 0.25) is 10.0 Å². The molecule has 0 aromatic heterocycles. The maximum atomic E-state index is 13.3. The molecule has 0 radical (unpaired) electrons. The Kier molecular flexibility index (Phi) is 25.5. The van der Waals surface area contributed by atoms with Crippen molar-refractivity contribution in [3.63, 3.8) is 0 Å². The number of anilines is 2. The fraction of sp³-hybridized carbons (Fsp3) is 0.509. The highest BCUT2D eigenvalue weighted by atomic mass is 35.5. The van der Waals surface area contributed by atoms with E-state index in [0.29, 0.717) is 139 Å². The van der Waals surface area contributed by atoms with Crippen LogP contribution in [-0.4, -0.2) is 179 Å². The second-order valence-corrected chi connectivity index (χ2v) is 19.8. The van der Waals surface area contributed by atoms with E-state index in [0.717, 1.165) is 39.3 Å². The number of halogens is 2. The third-order valence-corrected chi connectivity index (χ3v) is 13.7. The molecule has 1 saturated heterocycles. The SMILES string of the molecule is CCNC(=O)C[C@@H]1N=C(c2ccc(Cl)cc2)c2cc(OCCOCCOCCOCCOCCOCCOCCOCCNC(=O)C[C@@H]3N=C(c4ccc(Cl)cc4)c4cc(OC)ccc4N4C(C)NNC34)ccc2N(C(C)N)C1N. The number of hydrogen-bond acceptors (Lipinski definition) is 19. The summed E-state index contributed by atoms with van der Waals surface area (Å²) in [6.45, 7) is 12.7. The highest BCUT2D eigenvalue weighted by Crippen LogP contribution is 2.37. The van der Waals surface area contributed by atoms with E-state index < -0.39 is 24.4 Å². The van der Waals surface area contributed by atoms with E-state index in [9.17, 15) is 9.59 Å². The standard InChI is InChI=1S/C57H78Cl2N10O11/c1-5-62-52(70)36-48-56(61)68(38(2)60)50-17-15-45(35-47(50)54(64-48)40-6-10-42(58)11-7-40)80-33-32-79-31-30-78-29-28-77-27-26-76-25-24-75-23-22-74-21-20-73-19-18-63-53(71)37-49-57-67-66-39(3)69(57)51-16-14-44(72-4)34-46(51)55(65-49)41-8-12-43(59)13-9-41/h6-17,34-35,38-39,48-49,56-57,66-67H,5,18-33,36-37,60-61H2,1-4H3,(H,62,70)(H,63,71)/t38?,39?,48-,49-,56?,57?/m0/s1. The number of aliphatic imine (C=N–C) groups is 2. The van der Waals surface area contributed by atoms with Crippen molar-refractivity contribution in [1.82, 2.24) is 21.5 Å². The number of hydrazine groups is 1. The number of nitrogens with two attached hydrogens (primary N) is 2. The maximum Gasteiger partial charge on any atom is 0.222 e. The monoisotopic (exact) mass is 1150 g/mol. The van der Waals surface area contributed by atoms with Crippen LogP contribution in [0.15, 0.2) is 94.9 Å². The number of benzodiazepines with no additional fused rings is 1. The number of fused-ring (bicyclic) bond motifs is 4. The first-order valence-corrected chi connectivity index (χ1v) is 28.0. The van der Waals surface area contributed by atoms with Crippen molar-refractivity contribution >= 4 is 57.8 Å². The fourth-order valence-electron chi connectivity index (χ4n) is 9.38. The first-order chi connectivity index (χ1) is 38.9. The number of nitrogens with zero attached hydrogens (tertiary/aromatic N) is 4. The van der Waals surface area contributed by atoms with Crippen LogP contribution in [0.4, 0.5) is 11.4 Å². The lowest BCUT2D eigenvalue weighted by Crippen LogP contribution is -2.56. The lowest BCUT2D eigenvalue weighted by atomic mass is 9.99. The van der Waals surface area contributed by atoms with Crippen molar-refractivity contribution < 1.29 is 52.2 Å². The number of nitrogens with one attached hydrogen (secondary N) is 4. The predicted octanol–water partition coefficient (Wildman–Crippen LogP) is 4.65. The van der Waals surface area contributed by atoms with Gasteiger partial charge in [0.1, 0.15) is 30.4 Å². The van der Waals surface area contributed by atoms with Gasteiger partial charge in [-0.3, -0.25) is 19.6 Å². The highest BCUT2D eigenvalue weighted by Gasteiger charge is 2.41. The number of hydrogen-bond donors (Lipinski definition) is 6. The van der Waals surface area contributed by atoms with E-state index in [4.69, 9.17) is 87.3 Å². The van der Waals surface area contributed by atoms with Gasteiger partial charge in [-0.15, -0.1) is 0 Å². The zero-order valence-electron chi connectivity index (χ0n) is 46.2. The summed E-state index contributed by atoms with van der Waals surface area (Å²) in [6.07, 6.45) is -1.20. The number of rotatable bonds is 34. The van der Waals surface area contributed by atoms with Gasteiger partial charge in [0.25, 0.3) is 0 Å². The number of benzene rings is 4. The highest BCUT2D eigenvalue weighted by molar-refractivity contribution is 6.31. The van der Waals surface area contributed by atoms with Gasteiger partial charge in [-0.2, -0.15) is 0 Å². The summed E-state index contributed by atoms with van der Waals surface area (Å²) >= 11 is 12.5. The molecule has 3 aliphatic rings. The number of ether oxygens (including phenoxy) is 9. The minimum absolute atomic E-state index is 0.0548. The molecule has 4 aromatic rings. The smallest absolute Gasteiger partial charge is 0.222 e. The first-order valence-electron chi connectivity index (χ1n) is 27.2. The number of amides is 2. The van der Waals surface area contributed by atoms with Crippen LogP contribution in [0.1, 0.15) is 55.9 Å². The number of carbonyl (C=O) groups excluding carboxylic acids is 2. The van der Waals surface area contributed by atoms with Crippen molar-refractivity contribution in [1.29, 1.82) is 0 Å². The Bertz CT molecular complexity index is 2620. The normalized spacial score (nSPS) is 19.0. The van der Waals surface area contributed by atoms with Gasteiger partial charge in [-0.25, -0.2) is 10.9 Å². The minimum atomic E-state index is -0.659. The molecule has 0 spiro atoms. The van der Waals surface area contributed by atoms with E-state index in [1.54, 1.807) is 19.2 Å². The molecule has 6 atom stereocenters. The van der Waals surface area contributed by atoms with Crippen LogP contribution in [0.25, 0.3) is 0 Å². The van der Waals surface area contributed by atoms with Crippen LogP contribution in [-0.2, 0) is 42.7 Å². The minimum Gasteiger partial charge on any atom is -0.497 e. The van der Waals surface area contributed by atoms with Crippen molar-refractivity contribution in [3.05, 3.63) is 117 Å². The summed E-state index contributed by atoms with van der Waals surface area (Å²) in [4.78, 5) is 40.4. The molecule has 80 heavy (non-hydrogen) atoms. The first kappa shape index (κ1) is 62.1. The fourth-order valence-corrected chi connectivity index (χ4v) is 9.63. The molecule has 436 valence electrons. The molecule has 0 aliphatic carbocycles. The Labute approximate surface area is 479 Å². The molecule has 0 saturated carbocycles. The average molecular weight is 1150 g/mol. The summed E-state index contributed by atoms with van der Waals surface area (Å²) in [5.41, 5.74) is 26.5. The summed E-state index contributed by atoms with van der Waals surface area (Å²) in [5.74, 6) is 1.05. The van der Waals surface area contributed by atoms with Crippen molar-refractivity contribution in [2.75, 3.05) is 129 Å². The topological polar surface area (TPSA) is 249 Å². The molecule has 3 heterocycles. The van der Waals surface area contributed by atoms with Crippen LogP contribution in [0.5, 0.6) is 11.5 Å². The van der Waals surface area contributed by atoms with E-state index in [1.165, 1.54) is 0 Å². The van der Waals surface area contributed by atoms with Gasteiger partial charge in [-0.1, -0.05) is 47.5 Å². The van der Waals surface area contributed by atoms with E-state index in [-0.39, 0.29) is 37.0 Å². The Morgan fingerprint density at radius 3 is 1.59 bits per heavy atom. The zero-order chi connectivity index (χ0) is 56.6. The Morgan fingerprint density at radius 2 is 1.06 bits per heavy atom. The Balaban J connectivity index is 0.679. The molecule has 2 amide bonds. The lowest BCUT2D eigenvalue weighted by molar-refractivity contribution is -0.122. The van der Waals surface area contributed by atoms with E-state index in [2.05, 4.69) is 33.3 Å². The van der Waals surface area contributed by atoms with Gasteiger partial charge in [-0.05, 0) is 81.4 Å². The van der Waals surface area contributed by atoms with E-state index >= 15 is 0 Å². The molecular weight excluding hydrogens is 1070 g/mol. The summed E-state index contributed by atoms with van der Waals surface area (Å²) in [7, 11) is 1.64. The molecular formula is C57H78Cl2N10O11. The molecule has 7 rings (SSSR count). The van der Waals surface area contributed by atoms with Crippen molar-refractivity contribution in [2.45, 2.75) is 70.4 Å². The third-order valence-electron chi connectivity index (χ3n) is 13.2. The quantitative estimate of drug-likeness (QED) is 0.0349. The van der Waals surface area contributed by atoms with Crippen molar-refractivity contribution in [3.8, 4) is 11.5 Å². The summed E-state index contributed by atoms with van der Waals surface area (Å²) in [5, 5.41) is 7.06. The average Bonchev–Trinajstić information content (AvgIpc) is 3.87. The second kappa shape index (κ2) is 32.8. The third kappa shape index (κ3) is 18.3. The molecule has 8 N–H and O–H groups in total. The number of carbonyl (C=O) groups is 2. The molecule has 0 bridgehead atoms. The molecule has 3 aliphatic heterocycles. The van der Waals surface area contributed by atoms with Crippen LogP contribution in [0.3, 0.4) is 0 Å². The summed E-state index contributed by atoms with van der Waals surface area (Å²) < 4.78 is 51.2. The van der Waals surface area contributed by atoms with Gasteiger partial charge in [0.2, 0.25) is 11.8 Å². The van der Waals surface area contributed by atoms with Gasteiger partial charge in [0.15, 0.2) is 0 Å². The second-order valence-electron chi connectivity index (χ2n) is 19.0. The summed E-state index contributed by atoms with van der Waals surface area (Å²) in [6, 6.07) is 25.6. The van der Waals surface area contributed by atoms with Gasteiger partial charge >= 0.3 is 0 Å². The van der Waals surface area contributed by atoms with Gasteiger partial charge in [0.05, 0.1) is 148 Å². The Morgan fingerprint density at radius 1 is 0.613 bits per heavy atom. The van der Waals surface area contributed by atoms with Crippen LogP contribution in [0, 0.1) is 0 Å². The van der Waals surface area contributed by atoms with Gasteiger partial charge < -0.3 is 74.5 Å². The number of methoxy groups -OCH3 is 1. The largest absolute Gasteiger partial charge is 0.497 e. The zero-order valence-corrected chi connectivity index (χ0v) is 47.7. The molecule has 4 unspecified atom stereocenters. The van der Waals surface area contributed by atoms with Crippen molar-refractivity contribution in [2.24, 2.45) is 21.5 Å². The maximum absolute atomic E-state index is 13.3. The molecule has 21 nitrogen and oxygen atoms in total. The van der Waals surface area contributed by atoms with Crippen LogP contribution >= 0.6 is 23.2 Å². The molecule has 23 heteroatoms. The molecule has 1 fully saturated rings. The lowest BCUT2D eigenvalue weighted by Gasteiger charge is -2.36. The Hall–Kier alpha value is -5.50. The predicted molar refractivity (Wildman–Crippen MR) is 309 cm³/mol. The van der Waals surface area contributed by atoms with Crippen LogP contribution < -0.4 is 52.2 Å². The van der Waals surface area contributed by atoms with E-state index in [1.807, 2.05) is 91.5 Å². The molecule has 4 aromatic carbocycles.